The van der Waals surface area contributed by atoms with Gasteiger partial charge in [-0.05, 0) is 64.2 Å². The van der Waals surface area contributed by atoms with Crippen molar-refractivity contribution in [3.8, 4) is 0 Å². The molecule has 0 bridgehead atoms. The van der Waals surface area contributed by atoms with Gasteiger partial charge in [-0.1, -0.05) is 12.1 Å². The first-order chi connectivity index (χ1) is 12.5. The van der Waals surface area contributed by atoms with Crippen LogP contribution in [0.15, 0.2) is 24.3 Å². The molecule has 0 heterocycles. The van der Waals surface area contributed by atoms with Crippen LogP contribution in [0, 0.1) is 0 Å². The van der Waals surface area contributed by atoms with Crippen LogP contribution in [0.1, 0.15) is 58.4 Å². The zero-order chi connectivity index (χ0) is 20.5. The summed E-state index contributed by atoms with van der Waals surface area (Å²) < 4.78 is 25.5. The normalized spacial score (nSPS) is 12.0. The highest BCUT2D eigenvalue weighted by molar-refractivity contribution is 7.90. The second kappa shape index (κ2) is 10.4. The monoisotopic (exact) mass is 398 g/mol. The molecule has 0 unspecified atom stereocenters. The number of carbonyl (C=O) groups excluding carboxylic acids is 1. The number of carbonyl (C=O) groups is 2. The van der Waals surface area contributed by atoms with Crippen molar-refractivity contribution in [2.24, 2.45) is 0 Å². The van der Waals surface area contributed by atoms with Crippen LogP contribution in [0.25, 0.3) is 0 Å². The maximum Gasteiger partial charge on any atom is 0.303 e. The molecule has 3 N–H and O–H groups in total. The summed E-state index contributed by atoms with van der Waals surface area (Å²) >= 11 is 0. The molecule has 1 aromatic carbocycles. The van der Waals surface area contributed by atoms with Gasteiger partial charge in [-0.3, -0.25) is 9.59 Å². The van der Waals surface area contributed by atoms with E-state index in [-0.39, 0.29) is 12.3 Å². The van der Waals surface area contributed by atoms with E-state index in [1.54, 1.807) is 32.9 Å². The van der Waals surface area contributed by atoms with E-state index >= 15 is 0 Å². The van der Waals surface area contributed by atoms with E-state index in [4.69, 9.17) is 5.11 Å². The Hall–Kier alpha value is -1.93. The SMILES string of the molecule is CC(C)(C)S(=O)(=O)NCCCCC(=O)Nc1ccc(CCCC(=O)O)cc1. The Morgan fingerprint density at radius 2 is 1.63 bits per heavy atom. The first kappa shape index (κ1) is 23.1. The smallest absolute Gasteiger partial charge is 0.303 e. The molecule has 0 aromatic heterocycles. The molecule has 0 atom stereocenters. The highest BCUT2D eigenvalue weighted by Crippen LogP contribution is 2.14. The summed E-state index contributed by atoms with van der Waals surface area (Å²) in [5, 5.41) is 11.4. The first-order valence-electron chi connectivity index (χ1n) is 9.11. The van der Waals surface area contributed by atoms with Crippen molar-refractivity contribution in [1.82, 2.24) is 4.72 Å². The quantitative estimate of drug-likeness (QED) is 0.496. The van der Waals surface area contributed by atoms with Crippen LogP contribution in [0.3, 0.4) is 0 Å². The lowest BCUT2D eigenvalue weighted by Gasteiger charge is -2.19. The number of benzene rings is 1. The zero-order valence-corrected chi connectivity index (χ0v) is 17.1. The van der Waals surface area contributed by atoms with E-state index in [2.05, 4.69) is 10.0 Å². The van der Waals surface area contributed by atoms with Crippen molar-refractivity contribution in [2.75, 3.05) is 11.9 Å². The molecule has 152 valence electrons. The predicted octanol–water partition coefficient (Wildman–Crippen LogP) is 2.92. The van der Waals surface area contributed by atoms with E-state index in [1.165, 1.54) is 0 Å². The number of aryl methyl sites for hydroxylation is 1. The molecule has 0 fully saturated rings. The number of anilines is 1. The van der Waals surface area contributed by atoms with Crippen molar-refractivity contribution >= 4 is 27.6 Å². The number of hydrogen-bond acceptors (Lipinski definition) is 4. The van der Waals surface area contributed by atoms with Crippen molar-refractivity contribution < 1.29 is 23.1 Å². The summed E-state index contributed by atoms with van der Waals surface area (Å²) in [6.07, 6.45) is 2.91. The van der Waals surface area contributed by atoms with Crippen molar-refractivity contribution in [2.45, 2.75) is 64.0 Å². The Morgan fingerprint density at radius 3 is 2.19 bits per heavy atom. The molecule has 27 heavy (non-hydrogen) atoms. The topological polar surface area (TPSA) is 113 Å². The van der Waals surface area contributed by atoms with Crippen molar-refractivity contribution in [1.29, 1.82) is 0 Å². The molecule has 0 aliphatic heterocycles. The molecule has 1 aromatic rings. The second-order valence-corrected chi connectivity index (χ2v) is 9.98. The summed E-state index contributed by atoms with van der Waals surface area (Å²) in [7, 11) is -3.35. The Labute approximate surface area is 161 Å². The van der Waals surface area contributed by atoms with E-state index in [0.717, 1.165) is 5.56 Å². The maximum atomic E-state index is 11.9. The number of hydrogen-bond donors (Lipinski definition) is 3. The summed E-state index contributed by atoms with van der Waals surface area (Å²) in [6.45, 7) is 5.23. The average Bonchev–Trinajstić information content (AvgIpc) is 2.54. The maximum absolute atomic E-state index is 11.9. The Morgan fingerprint density at radius 1 is 1.00 bits per heavy atom. The van der Waals surface area contributed by atoms with E-state index < -0.39 is 20.7 Å². The van der Waals surface area contributed by atoms with Crippen LogP contribution in [0.2, 0.25) is 0 Å². The minimum absolute atomic E-state index is 0.118. The summed E-state index contributed by atoms with van der Waals surface area (Å²) in [6, 6.07) is 7.34. The molecule has 0 radical (unpaired) electrons. The van der Waals surface area contributed by atoms with Crippen LogP contribution < -0.4 is 10.0 Å². The van der Waals surface area contributed by atoms with Gasteiger partial charge in [0.05, 0.1) is 4.75 Å². The highest BCUT2D eigenvalue weighted by Gasteiger charge is 2.27. The number of nitrogens with one attached hydrogen (secondary N) is 2. The number of rotatable bonds is 11. The van der Waals surface area contributed by atoms with Gasteiger partial charge in [-0.15, -0.1) is 0 Å². The summed E-state index contributed by atoms with van der Waals surface area (Å²) in [4.78, 5) is 22.5. The number of carboxylic acid groups (broad SMARTS) is 1. The fourth-order valence-corrected chi connectivity index (χ4v) is 3.10. The number of aliphatic carboxylic acids is 1. The van der Waals surface area contributed by atoms with Gasteiger partial charge in [0.1, 0.15) is 0 Å². The molecule has 0 saturated heterocycles. The van der Waals surface area contributed by atoms with Crippen LogP contribution >= 0.6 is 0 Å². The summed E-state index contributed by atoms with van der Waals surface area (Å²) in [5.74, 6) is -0.919. The number of unbranched alkanes of at least 4 members (excludes halogenated alkanes) is 1. The molecule has 1 amide bonds. The van der Waals surface area contributed by atoms with E-state index in [0.29, 0.717) is 44.3 Å². The van der Waals surface area contributed by atoms with Crippen LogP contribution in [0.4, 0.5) is 5.69 Å². The Bertz CT molecular complexity index is 721. The first-order valence-corrected chi connectivity index (χ1v) is 10.6. The fraction of sp³-hybridized carbons (Fsp3) is 0.579. The van der Waals surface area contributed by atoms with Crippen molar-refractivity contribution in [3.63, 3.8) is 0 Å². The van der Waals surface area contributed by atoms with Crippen LogP contribution in [0.5, 0.6) is 0 Å². The lowest BCUT2D eigenvalue weighted by atomic mass is 10.1. The molecule has 0 aliphatic carbocycles. The van der Waals surface area contributed by atoms with Crippen molar-refractivity contribution in [3.05, 3.63) is 29.8 Å². The van der Waals surface area contributed by atoms with Gasteiger partial charge in [0.25, 0.3) is 0 Å². The molecular weight excluding hydrogens is 368 g/mol. The third kappa shape index (κ3) is 9.01. The number of amides is 1. The van der Waals surface area contributed by atoms with Gasteiger partial charge in [-0.25, -0.2) is 13.1 Å². The lowest BCUT2D eigenvalue weighted by Crippen LogP contribution is -2.39. The Kier molecular flexibility index (Phi) is 8.92. The standard InChI is InChI=1S/C19H30N2O5S/c1-19(2,3)27(25,26)20-14-5-4-8-17(22)21-16-12-10-15(11-13-16)7-6-9-18(23)24/h10-13,20H,4-9,14H2,1-3H3,(H,21,22)(H,23,24). The summed E-state index contributed by atoms with van der Waals surface area (Å²) in [5.41, 5.74) is 1.72. The minimum Gasteiger partial charge on any atom is -0.481 e. The molecule has 0 spiro atoms. The van der Waals surface area contributed by atoms with Gasteiger partial charge in [0.2, 0.25) is 15.9 Å². The van der Waals surface area contributed by atoms with Gasteiger partial charge >= 0.3 is 5.97 Å². The molecule has 7 nitrogen and oxygen atoms in total. The number of carboxylic acids is 1. The third-order valence-corrected chi connectivity index (χ3v) is 6.22. The molecular formula is C19H30N2O5S. The average molecular weight is 399 g/mol. The van der Waals surface area contributed by atoms with E-state index in [1.807, 2.05) is 12.1 Å². The van der Waals surface area contributed by atoms with Gasteiger partial charge < -0.3 is 10.4 Å². The van der Waals surface area contributed by atoms with Crippen LogP contribution in [-0.4, -0.2) is 36.7 Å². The van der Waals surface area contributed by atoms with E-state index in [9.17, 15) is 18.0 Å². The molecule has 1 rings (SSSR count). The zero-order valence-electron chi connectivity index (χ0n) is 16.2. The van der Waals surface area contributed by atoms with Gasteiger partial charge in [0.15, 0.2) is 0 Å². The minimum atomic E-state index is -3.35. The highest BCUT2D eigenvalue weighted by atomic mass is 32.2. The predicted molar refractivity (Wildman–Crippen MR) is 106 cm³/mol. The molecule has 0 saturated carbocycles. The largest absolute Gasteiger partial charge is 0.481 e. The number of sulfonamides is 1. The molecule has 8 heteroatoms. The van der Waals surface area contributed by atoms with Gasteiger partial charge in [0, 0.05) is 25.1 Å². The molecule has 0 aliphatic rings. The van der Waals surface area contributed by atoms with Crippen LogP contribution in [-0.2, 0) is 26.0 Å². The lowest BCUT2D eigenvalue weighted by molar-refractivity contribution is -0.137. The van der Waals surface area contributed by atoms with Gasteiger partial charge in [-0.2, -0.15) is 0 Å². The third-order valence-electron chi connectivity index (χ3n) is 4.02. The second-order valence-electron chi connectivity index (χ2n) is 7.46. The fourth-order valence-electron chi connectivity index (χ4n) is 2.26. The Balaban J connectivity index is 2.28.